The fourth-order valence-electron chi connectivity index (χ4n) is 1.46. The van der Waals surface area contributed by atoms with E-state index in [9.17, 15) is 0 Å². The van der Waals surface area contributed by atoms with E-state index in [1.807, 2.05) is 12.1 Å². The van der Waals surface area contributed by atoms with Crippen LogP contribution in [0.15, 0.2) is 38.0 Å². The molecule has 0 spiro atoms. The molecule has 2 heterocycles. The summed E-state index contributed by atoms with van der Waals surface area (Å²) < 4.78 is 11.8. The molecule has 3 nitrogen and oxygen atoms in total. The van der Waals surface area contributed by atoms with Gasteiger partial charge in [-0.2, -0.15) is 0 Å². The Bertz CT molecular complexity index is 459. The molecular formula is C12H14BrNO2. The highest BCUT2D eigenvalue weighted by molar-refractivity contribution is 9.10. The summed E-state index contributed by atoms with van der Waals surface area (Å²) in [6.07, 6.45) is 3.34. The number of rotatable bonds is 4. The van der Waals surface area contributed by atoms with Crippen LogP contribution in [0.25, 0.3) is 11.3 Å². The van der Waals surface area contributed by atoms with Gasteiger partial charge in [0.15, 0.2) is 5.76 Å². The standard InChI is InChI=1S/C12H14BrNO2/c1-8(2)14-7-11-9(3-5-15-11)12-10(13)4-6-16-12/h3-6,8,14H,7H2,1-2H3. The molecule has 0 radical (unpaired) electrons. The summed E-state index contributed by atoms with van der Waals surface area (Å²) in [6, 6.07) is 4.22. The summed E-state index contributed by atoms with van der Waals surface area (Å²) in [5.74, 6) is 1.71. The minimum Gasteiger partial charge on any atom is -0.467 e. The number of hydrogen-bond acceptors (Lipinski definition) is 3. The van der Waals surface area contributed by atoms with Gasteiger partial charge in [0.2, 0.25) is 0 Å². The number of nitrogens with one attached hydrogen (secondary N) is 1. The van der Waals surface area contributed by atoms with Gasteiger partial charge in [0.05, 0.1) is 29.1 Å². The minimum absolute atomic E-state index is 0.429. The molecule has 0 saturated heterocycles. The Kier molecular flexibility index (Phi) is 3.51. The second-order valence-corrected chi connectivity index (χ2v) is 4.75. The van der Waals surface area contributed by atoms with Gasteiger partial charge >= 0.3 is 0 Å². The predicted molar refractivity (Wildman–Crippen MR) is 66.1 cm³/mol. The summed E-state index contributed by atoms with van der Waals surface area (Å²) in [5, 5.41) is 3.32. The maximum absolute atomic E-state index is 5.45. The van der Waals surface area contributed by atoms with E-state index in [1.54, 1.807) is 12.5 Å². The summed E-state index contributed by atoms with van der Waals surface area (Å²) in [4.78, 5) is 0. The van der Waals surface area contributed by atoms with E-state index in [0.29, 0.717) is 12.6 Å². The molecule has 0 unspecified atom stereocenters. The zero-order valence-electron chi connectivity index (χ0n) is 9.29. The summed E-state index contributed by atoms with van der Waals surface area (Å²) in [5.41, 5.74) is 0.991. The van der Waals surface area contributed by atoms with Crippen LogP contribution < -0.4 is 5.32 Å². The van der Waals surface area contributed by atoms with Crippen molar-refractivity contribution in [2.45, 2.75) is 26.4 Å². The highest BCUT2D eigenvalue weighted by atomic mass is 79.9. The molecule has 0 fully saturated rings. The summed E-state index contributed by atoms with van der Waals surface area (Å²) >= 11 is 3.45. The quantitative estimate of drug-likeness (QED) is 0.928. The molecule has 86 valence electrons. The Hall–Kier alpha value is -1.00. The monoisotopic (exact) mass is 283 g/mol. The van der Waals surface area contributed by atoms with Gasteiger partial charge in [-0.15, -0.1) is 0 Å². The Morgan fingerprint density at radius 2 is 2.00 bits per heavy atom. The lowest BCUT2D eigenvalue weighted by atomic mass is 10.2. The van der Waals surface area contributed by atoms with Crippen LogP contribution in [-0.2, 0) is 6.54 Å². The molecule has 0 aliphatic heterocycles. The molecule has 0 aliphatic rings. The SMILES string of the molecule is CC(C)NCc1occc1-c1occc1Br. The van der Waals surface area contributed by atoms with Gasteiger partial charge in [0.25, 0.3) is 0 Å². The van der Waals surface area contributed by atoms with Crippen molar-refractivity contribution in [3.63, 3.8) is 0 Å². The molecule has 0 aromatic carbocycles. The fraction of sp³-hybridized carbons (Fsp3) is 0.333. The lowest BCUT2D eigenvalue weighted by Gasteiger charge is -2.06. The van der Waals surface area contributed by atoms with E-state index in [1.165, 1.54) is 0 Å². The zero-order valence-corrected chi connectivity index (χ0v) is 10.9. The average molecular weight is 284 g/mol. The van der Waals surface area contributed by atoms with Crippen LogP contribution in [0.5, 0.6) is 0 Å². The van der Waals surface area contributed by atoms with Gasteiger partial charge in [-0.3, -0.25) is 0 Å². The minimum atomic E-state index is 0.429. The molecule has 1 N–H and O–H groups in total. The van der Waals surface area contributed by atoms with Crippen LogP contribution in [0.1, 0.15) is 19.6 Å². The molecule has 0 atom stereocenters. The fourth-order valence-corrected chi connectivity index (χ4v) is 1.88. The van der Waals surface area contributed by atoms with Crippen molar-refractivity contribution in [2.75, 3.05) is 0 Å². The first-order valence-electron chi connectivity index (χ1n) is 5.21. The molecule has 2 rings (SSSR count). The van der Waals surface area contributed by atoms with Crippen molar-refractivity contribution in [1.29, 1.82) is 0 Å². The van der Waals surface area contributed by atoms with Crippen molar-refractivity contribution in [2.24, 2.45) is 0 Å². The maximum atomic E-state index is 5.45. The molecule has 0 bridgehead atoms. The first kappa shape index (κ1) is 11.5. The Morgan fingerprint density at radius 1 is 1.25 bits per heavy atom. The van der Waals surface area contributed by atoms with Gasteiger partial charge in [-0.1, -0.05) is 13.8 Å². The van der Waals surface area contributed by atoms with Crippen molar-refractivity contribution in [1.82, 2.24) is 5.32 Å². The Labute approximate surface area is 103 Å². The third-order valence-electron chi connectivity index (χ3n) is 2.28. The molecular weight excluding hydrogens is 270 g/mol. The smallest absolute Gasteiger partial charge is 0.151 e. The molecule has 4 heteroatoms. The number of furan rings is 2. The Balaban J connectivity index is 2.23. The lowest BCUT2D eigenvalue weighted by Crippen LogP contribution is -2.21. The molecule has 0 amide bonds. The second-order valence-electron chi connectivity index (χ2n) is 3.89. The molecule has 0 saturated carbocycles. The first-order chi connectivity index (χ1) is 7.68. The van der Waals surface area contributed by atoms with Crippen LogP contribution >= 0.6 is 15.9 Å². The predicted octanol–water partition coefficient (Wildman–Crippen LogP) is 3.80. The van der Waals surface area contributed by atoms with Crippen molar-refractivity contribution in [3.05, 3.63) is 34.9 Å². The van der Waals surface area contributed by atoms with Crippen molar-refractivity contribution < 1.29 is 8.83 Å². The highest BCUT2D eigenvalue weighted by Crippen LogP contribution is 2.32. The highest BCUT2D eigenvalue weighted by Gasteiger charge is 2.14. The average Bonchev–Trinajstić information content (AvgIpc) is 2.82. The van der Waals surface area contributed by atoms with Gasteiger partial charge in [-0.25, -0.2) is 0 Å². The van der Waals surface area contributed by atoms with Gasteiger partial charge in [0, 0.05) is 6.04 Å². The van der Waals surface area contributed by atoms with Gasteiger partial charge in [0.1, 0.15) is 5.76 Å². The largest absolute Gasteiger partial charge is 0.467 e. The zero-order chi connectivity index (χ0) is 11.5. The van der Waals surface area contributed by atoms with E-state index in [4.69, 9.17) is 8.83 Å². The summed E-state index contributed by atoms with van der Waals surface area (Å²) in [6.45, 7) is 4.91. The molecule has 2 aromatic rings. The van der Waals surface area contributed by atoms with E-state index in [2.05, 4.69) is 35.1 Å². The van der Waals surface area contributed by atoms with Crippen molar-refractivity contribution in [3.8, 4) is 11.3 Å². The van der Waals surface area contributed by atoms with E-state index < -0.39 is 0 Å². The molecule has 16 heavy (non-hydrogen) atoms. The lowest BCUT2D eigenvalue weighted by molar-refractivity contribution is 0.464. The third kappa shape index (κ3) is 2.39. The third-order valence-corrected chi connectivity index (χ3v) is 2.90. The van der Waals surface area contributed by atoms with E-state index >= 15 is 0 Å². The number of hydrogen-bond donors (Lipinski definition) is 1. The number of halogens is 1. The topological polar surface area (TPSA) is 38.3 Å². The maximum Gasteiger partial charge on any atom is 0.151 e. The van der Waals surface area contributed by atoms with Crippen LogP contribution in [0.3, 0.4) is 0 Å². The van der Waals surface area contributed by atoms with Crippen LogP contribution in [0.4, 0.5) is 0 Å². The Morgan fingerprint density at radius 3 is 2.62 bits per heavy atom. The summed E-state index contributed by atoms with van der Waals surface area (Å²) in [7, 11) is 0. The molecule has 0 aliphatic carbocycles. The molecule has 2 aromatic heterocycles. The second kappa shape index (κ2) is 4.89. The van der Waals surface area contributed by atoms with Crippen LogP contribution in [-0.4, -0.2) is 6.04 Å². The normalized spacial score (nSPS) is 11.2. The van der Waals surface area contributed by atoms with Crippen molar-refractivity contribution >= 4 is 15.9 Å². The van der Waals surface area contributed by atoms with Gasteiger partial charge in [-0.05, 0) is 28.1 Å². The van der Waals surface area contributed by atoms with Crippen LogP contribution in [0.2, 0.25) is 0 Å². The first-order valence-corrected chi connectivity index (χ1v) is 6.01. The van der Waals surface area contributed by atoms with E-state index in [0.717, 1.165) is 21.6 Å². The van der Waals surface area contributed by atoms with Gasteiger partial charge < -0.3 is 14.2 Å². The van der Waals surface area contributed by atoms with E-state index in [-0.39, 0.29) is 0 Å². The van der Waals surface area contributed by atoms with Crippen LogP contribution in [0, 0.1) is 0 Å².